The molecular formula is C23H18N2O. The second-order valence-corrected chi connectivity index (χ2v) is 6.11. The minimum atomic E-state index is -0.0782. The number of benzene rings is 3. The second kappa shape index (κ2) is 7.19. The topological polar surface area (TPSA) is 42.0 Å². The van der Waals surface area contributed by atoms with Gasteiger partial charge in [-0.2, -0.15) is 0 Å². The summed E-state index contributed by atoms with van der Waals surface area (Å²) in [5, 5.41) is 5.36. The fraction of sp³-hybridized carbons (Fsp3) is 0.0435. The highest BCUT2D eigenvalue weighted by atomic mass is 16.1. The zero-order valence-electron chi connectivity index (χ0n) is 14.2. The number of hydrogen-bond acceptors (Lipinski definition) is 2. The number of hydrogen-bond donors (Lipinski definition) is 1. The van der Waals surface area contributed by atoms with Gasteiger partial charge in [-0.25, -0.2) is 0 Å². The van der Waals surface area contributed by atoms with Crippen molar-refractivity contribution in [3.8, 4) is 11.3 Å². The molecule has 4 rings (SSSR count). The molecule has 4 aromatic rings. The highest BCUT2D eigenvalue weighted by Gasteiger charge is 2.07. The van der Waals surface area contributed by atoms with Gasteiger partial charge in [0.2, 0.25) is 0 Å². The normalized spacial score (nSPS) is 10.6. The summed E-state index contributed by atoms with van der Waals surface area (Å²) in [6, 6.07) is 27.7. The van der Waals surface area contributed by atoms with Crippen LogP contribution in [0.4, 0.5) is 0 Å². The van der Waals surface area contributed by atoms with Crippen LogP contribution in [0.1, 0.15) is 15.9 Å². The maximum Gasteiger partial charge on any atom is 0.251 e. The lowest BCUT2D eigenvalue weighted by atomic mass is 10.0. The molecule has 0 spiro atoms. The summed E-state index contributed by atoms with van der Waals surface area (Å²) in [4.78, 5) is 16.8. The van der Waals surface area contributed by atoms with Crippen LogP contribution in [0.3, 0.4) is 0 Å². The van der Waals surface area contributed by atoms with Crippen molar-refractivity contribution in [1.29, 1.82) is 0 Å². The number of carbonyl (C=O) groups is 1. The van der Waals surface area contributed by atoms with Crippen molar-refractivity contribution in [2.24, 2.45) is 0 Å². The molecule has 3 nitrogen and oxygen atoms in total. The van der Waals surface area contributed by atoms with E-state index in [2.05, 4.69) is 28.5 Å². The summed E-state index contributed by atoms with van der Waals surface area (Å²) in [5.74, 6) is -0.0782. The Bertz CT molecular complexity index is 1040. The molecule has 1 amide bonds. The van der Waals surface area contributed by atoms with Crippen LogP contribution in [0.5, 0.6) is 0 Å². The molecule has 0 saturated heterocycles. The van der Waals surface area contributed by atoms with Crippen LogP contribution < -0.4 is 5.32 Å². The van der Waals surface area contributed by atoms with Crippen molar-refractivity contribution in [2.45, 2.75) is 6.54 Å². The third-order valence-corrected chi connectivity index (χ3v) is 4.43. The largest absolute Gasteiger partial charge is 0.348 e. The van der Waals surface area contributed by atoms with E-state index in [9.17, 15) is 4.79 Å². The number of amides is 1. The van der Waals surface area contributed by atoms with Gasteiger partial charge < -0.3 is 5.32 Å². The van der Waals surface area contributed by atoms with Gasteiger partial charge in [-0.3, -0.25) is 9.78 Å². The molecule has 1 aromatic heterocycles. The van der Waals surface area contributed by atoms with Crippen molar-refractivity contribution >= 4 is 16.7 Å². The third-order valence-electron chi connectivity index (χ3n) is 4.43. The van der Waals surface area contributed by atoms with Crippen LogP contribution in [-0.2, 0) is 6.54 Å². The van der Waals surface area contributed by atoms with Crippen LogP contribution in [-0.4, -0.2) is 10.9 Å². The van der Waals surface area contributed by atoms with Gasteiger partial charge in [0.25, 0.3) is 5.91 Å². The summed E-state index contributed by atoms with van der Waals surface area (Å²) in [5.41, 5.74) is 3.65. The van der Waals surface area contributed by atoms with Crippen LogP contribution >= 0.6 is 0 Å². The highest BCUT2D eigenvalue weighted by molar-refractivity contribution is 5.95. The van der Waals surface area contributed by atoms with Crippen molar-refractivity contribution in [3.63, 3.8) is 0 Å². The molecule has 1 N–H and O–H groups in total. The van der Waals surface area contributed by atoms with Crippen LogP contribution in [0.2, 0.25) is 0 Å². The zero-order valence-corrected chi connectivity index (χ0v) is 14.2. The molecule has 0 aliphatic rings. The molecular weight excluding hydrogens is 320 g/mol. The average molecular weight is 338 g/mol. The first-order chi connectivity index (χ1) is 12.8. The van der Waals surface area contributed by atoms with Gasteiger partial charge >= 0.3 is 0 Å². The first-order valence-corrected chi connectivity index (χ1v) is 8.57. The lowest BCUT2D eigenvalue weighted by Crippen LogP contribution is -2.22. The minimum absolute atomic E-state index is 0.0782. The molecule has 26 heavy (non-hydrogen) atoms. The molecule has 3 aromatic carbocycles. The predicted octanol–water partition coefficient (Wildman–Crippen LogP) is 4.83. The monoisotopic (exact) mass is 338 g/mol. The lowest BCUT2D eigenvalue weighted by Gasteiger charge is -2.09. The molecule has 0 fully saturated rings. The number of carbonyl (C=O) groups excluding carboxylic acids is 1. The van der Waals surface area contributed by atoms with Crippen molar-refractivity contribution < 1.29 is 4.79 Å². The molecule has 0 unspecified atom stereocenters. The number of fused-ring (bicyclic) bond motifs is 1. The Kier molecular flexibility index (Phi) is 4.44. The molecule has 0 saturated carbocycles. The highest BCUT2D eigenvalue weighted by Crippen LogP contribution is 2.19. The van der Waals surface area contributed by atoms with Crippen LogP contribution in [0.15, 0.2) is 91.1 Å². The lowest BCUT2D eigenvalue weighted by molar-refractivity contribution is 0.0951. The Hall–Kier alpha value is -3.46. The SMILES string of the molecule is O=C(NCc1cccc2ccccc12)c1ccc(-c2ccccn2)cc1. The summed E-state index contributed by atoms with van der Waals surface area (Å²) in [6.45, 7) is 0.502. The Morgan fingerprint density at radius 1 is 0.808 bits per heavy atom. The summed E-state index contributed by atoms with van der Waals surface area (Å²) in [7, 11) is 0. The maximum atomic E-state index is 12.5. The van der Waals surface area contributed by atoms with Gasteiger partial charge in [0.05, 0.1) is 5.69 Å². The number of rotatable bonds is 4. The van der Waals surface area contributed by atoms with Gasteiger partial charge in [-0.05, 0) is 40.6 Å². The molecule has 1 heterocycles. The van der Waals surface area contributed by atoms with E-state index >= 15 is 0 Å². The first-order valence-electron chi connectivity index (χ1n) is 8.57. The Labute approximate surface area is 152 Å². The van der Waals surface area contributed by atoms with E-state index in [0.29, 0.717) is 12.1 Å². The number of aromatic nitrogens is 1. The van der Waals surface area contributed by atoms with E-state index in [-0.39, 0.29) is 5.91 Å². The second-order valence-electron chi connectivity index (χ2n) is 6.11. The zero-order chi connectivity index (χ0) is 17.8. The summed E-state index contributed by atoms with van der Waals surface area (Å²) < 4.78 is 0. The molecule has 0 bridgehead atoms. The van der Waals surface area contributed by atoms with Gasteiger partial charge in [-0.1, -0.05) is 60.7 Å². The summed E-state index contributed by atoms with van der Waals surface area (Å²) in [6.07, 6.45) is 1.76. The molecule has 3 heteroatoms. The van der Waals surface area contributed by atoms with E-state index in [0.717, 1.165) is 16.8 Å². The summed E-state index contributed by atoms with van der Waals surface area (Å²) >= 11 is 0. The molecule has 0 aliphatic carbocycles. The Morgan fingerprint density at radius 2 is 1.58 bits per heavy atom. The van der Waals surface area contributed by atoms with Gasteiger partial charge in [0.1, 0.15) is 0 Å². The average Bonchev–Trinajstić information content (AvgIpc) is 2.73. The number of nitrogens with one attached hydrogen (secondary N) is 1. The van der Waals surface area contributed by atoms with Crippen molar-refractivity contribution in [1.82, 2.24) is 10.3 Å². The van der Waals surface area contributed by atoms with E-state index in [1.54, 1.807) is 6.20 Å². The number of pyridine rings is 1. The molecule has 0 atom stereocenters. The maximum absolute atomic E-state index is 12.5. The molecule has 126 valence electrons. The van der Waals surface area contributed by atoms with Crippen LogP contribution in [0.25, 0.3) is 22.0 Å². The first kappa shape index (κ1) is 16.0. The minimum Gasteiger partial charge on any atom is -0.348 e. The quantitative estimate of drug-likeness (QED) is 0.579. The van der Waals surface area contributed by atoms with Crippen LogP contribution in [0, 0.1) is 0 Å². The third kappa shape index (κ3) is 3.33. The number of nitrogens with zero attached hydrogens (tertiary/aromatic N) is 1. The van der Waals surface area contributed by atoms with E-state index in [1.807, 2.05) is 66.7 Å². The fourth-order valence-electron chi connectivity index (χ4n) is 3.05. The smallest absolute Gasteiger partial charge is 0.251 e. The van der Waals surface area contributed by atoms with E-state index in [1.165, 1.54) is 10.8 Å². The fourth-order valence-corrected chi connectivity index (χ4v) is 3.05. The van der Waals surface area contributed by atoms with E-state index in [4.69, 9.17) is 0 Å². The molecule has 0 radical (unpaired) electrons. The van der Waals surface area contributed by atoms with Crippen molar-refractivity contribution in [3.05, 3.63) is 102 Å². The standard InChI is InChI=1S/C23H18N2O/c26-23(19-13-11-18(12-14-19)22-10-3-4-15-24-22)25-16-20-8-5-7-17-6-1-2-9-21(17)20/h1-15H,16H2,(H,25,26). The van der Waals surface area contributed by atoms with E-state index < -0.39 is 0 Å². The van der Waals surface area contributed by atoms with Crippen molar-refractivity contribution in [2.75, 3.05) is 0 Å². The van der Waals surface area contributed by atoms with Gasteiger partial charge in [0.15, 0.2) is 0 Å². The predicted molar refractivity (Wildman–Crippen MR) is 105 cm³/mol. The van der Waals surface area contributed by atoms with Gasteiger partial charge in [-0.15, -0.1) is 0 Å². The Balaban J connectivity index is 1.48. The Morgan fingerprint density at radius 3 is 2.38 bits per heavy atom. The molecule has 0 aliphatic heterocycles. The van der Waals surface area contributed by atoms with Gasteiger partial charge in [0, 0.05) is 23.9 Å².